The number of nitrogens with zero attached hydrogens (tertiary/aromatic N) is 2. The molecule has 2 heterocycles. The number of hydrogen-bond donors (Lipinski definition) is 4. The summed E-state index contributed by atoms with van der Waals surface area (Å²) in [6.07, 6.45) is 2.43. The molecule has 1 aromatic carbocycles. The summed E-state index contributed by atoms with van der Waals surface area (Å²) in [4.78, 5) is 37.7. The number of fused-ring (bicyclic) bond motifs is 1. The van der Waals surface area contributed by atoms with Gasteiger partial charge in [0.25, 0.3) is 0 Å². The number of rotatable bonds is 11. The fourth-order valence-electron chi connectivity index (χ4n) is 4.69. The molecule has 0 unspecified atom stereocenters. The molecule has 0 aliphatic carbocycles. The van der Waals surface area contributed by atoms with Gasteiger partial charge < -0.3 is 26.3 Å². The maximum absolute atomic E-state index is 13.1. The van der Waals surface area contributed by atoms with Crippen LogP contribution in [0.1, 0.15) is 50.8 Å². The molecule has 2 atom stereocenters. The standard InChI is InChI=1S/C24H32N6O3/c1-3-14(22(26)23(33)18-9-10-21(32)30(18)13-20(25)31)7-8-17-11-15-5-6-16(24(27)28)12-19(15)29(17)4-2/h5-6,11-12,14,18,26H,3-4,7-10,13H2,1-2H3,(H2,25,31)(H3,27,28)/t14-,18+/m0/s1. The van der Waals surface area contributed by atoms with E-state index in [2.05, 4.69) is 17.6 Å². The van der Waals surface area contributed by atoms with Gasteiger partial charge in [-0.25, -0.2) is 0 Å². The second kappa shape index (κ2) is 9.97. The minimum absolute atomic E-state index is 0.00435. The summed E-state index contributed by atoms with van der Waals surface area (Å²) < 4.78 is 2.17. The van der Waals surface area contributed by atoms with E-state index in [1.54, 1.807) is 0 Å². The molecule has 9 nitrogen and oxygen atoms in total. The zero-order chi connectivity index (χ0) is 24.3. The molecule has 9 heteroatoms. The van der Waals surface area contributed by atoms with Gasteiger partial charge in [-0.1, -0.05) is 19.1 Å². The number of carbonyl (C=O) groups is 3. The number of benzene rings is 1. The number of carbonyl (C=O) groups excluding carboxylic acids is 3. The predicted molar refractivity (Wildman–Crippen MR) is 127 cm³/mol. The highest BCUT2D eigenvalue weighted by Gasteiger charge is 2.39. The van der Waals surface area contributed by atoms with Crippen LogP contribution in [0.15, 0.2) is 24.3 Å². The first-order chi connectivity index (χ1) is 15.7. The van der Waals surface area contributed by atoms with Crippen LogP contribution in [0.3, 0.4) is 0 Å². The molecule has 0 bridgehead atoms. The van der Waals surface area contributed by atoms with Crippen molar-refractivity contribution in [3.05, 3.63) is 35.5 Å². The quantitative estimate of drug-likeness (QED) is 0.303. The number of Topliss-reactive ketones (excluding diaryl/α,β-unsaturated/α-hetero) is 1. The van der Waals surface area contributed by atoms with Crippen LogP contribution in [-0.2, 0) is 27.3 Å². The number of nitrogens with two attached hydrogens (primary N) is 2. The van der Waals surface area contributed by atoms with E-state index in [0.717, 1.165) is 23.1 Å². The molecule has 2 amide bonds. The molecule has 6 N–H and O–H groups in total. The molecule has 3 rings (SSSR count). The number of aromatic nitrogens is 1. The highest BCUT2D eigenvalue weighted by atomic mass is 16.2. The Hall–Kier alpha value is -3.49. The average Bonchev–Trinajstić information content (AvgIpc) is 3.32. The number of nitrogens with one attached hydrogen (secondary N) is 2. The van der Waals surface area contributed by atoms with E-state index in [0.29, 0.717) is 31.2 Å². The number of aryl methyl sites for hydroxylation is 2. The highest BCUT2D eigenvalue weighted by molar-refractivity contribution is 6.41. The molecule has 0 saturated carbocycles. The number of amidine groups is 1. The molecular formula is C24H32N6O3. The molecule has 1 aliphatic heterocycles. The van der Waals surface area contributed by atoms with Crippen LogP contribution in [0.2, 0.25) is 0 Å². The normalized spacial score (nSPS) is 16.8. The summed E-state index contributed by atoms with van der Waals surface area (Å²) in [5, 5.41) is 17.3. The Balaban J connectivity index is 1.76. The molecule has 1 aromatic heterocycles. The van der Waals surface area contributed by atoms with Gasteiger partial charge in [0.15, 0.2) is 5.78 Å². The lowest BCUT2D eigenvalue weighted by Crippen LogP contribution is -2.46. The van der Waals surface area contributed by atoms with Gasteiger partial charge in [-0.3, -0.25) is 19.8 Å². The summed E-state index contributed by atoms with van der Waals surface area (Å²) in [7, 11) is 0. The van der Waals surface area contributed by atoms with Crippen molar-refractivity contribution in [1.29, 1.82) is 10.8 Å². The van der Waals surface area contributed by atoms with Crippen molar-refractivity contribution in [2.75, 3.05) is 6.54 Å². The Morgan fingerprint density at radius 1 is 1.18 bits per heavy atom. The van der Waals surface area contributed by atoms with Crippen LogP contribution in [-0.4, -0.2) is 51.2 Å². The van der Waals surface area contributed by atoms with Crippen molar-refractivity contribution in [1.82, 2.24) is 9.47 Å². The molecule has 176 valence electrons. The number of hydrogen-bond acceptors (Lipinski definition) is 5. The lowest BCUT2D eigenvalue weighted by atomic mass is 9.89. The minimum Gasteiger partial charge on any atom is -0.384 e. The molecule has 1 fully saturated rings. The largest absolute Gasteiger partial charge is 0.384 e. The van der Waals surface area contributed by atoms with Gasteiger partial charge >= 0.3 is 0 Å². The van der Waals surface area contributed by atoms with Crippen molar-refractivity contribution >= 4 is 40.0 Å². The van der Waals surface area contributed by atoms with Crippen LogP contribution in [0.25, 0.3) is 10.9 Å². The van der Waals surface area contributed by atoms with Crippen molar-refractivity contribution < 1.29 is 14.4 Å². The second-order valence-electron chi connectivity index (χ2n) is 8.53. The highest BCUT2D eigenvalue weighted by Crippen LogP contribution is 2.26. The van der Waals surface area contributed by atoms with E-state index in [4.69, 9.17) is 22.3 Å². The zero-order valence-corrected chi connectivity index (χ0v) is 19.2. The second-order valence-corrected chi connectivity index (χ2v) is 8.53. The van der Waals surface area contributed by atoms with Gasteiger partial charge in [-0.15, -0.1) is 0 Å². The molecule has 0 radical (unpaired) electrons. The van der Waals surface area contributed by atoms with E-state index >= 15 is 0 Å². The monoisotopic (exact) mass is 452 g/mol. The third-order valence-electron chi connectivity index (χ3n) is 6.49. The van der Waals surface area contributed by atoms with Crippen molar-refractivity contribution in [2.45, 2.75) is 58.5 Å². The minimum atomic E-state index is -0.779. The lowest BCUT2D eigenvalue weighted by molar-refractivity contribution is -0.135. The van der Waals surface area contributed by atoms with Crippen LogP contribution < -0.4 is 11.5 Å². The predicted octanol–water partition coefficient (Wildman–Crippen LogP) is 1.97. The van der Waals surface area contributed by atoms with Gasteiger partial charge in [0.1, 0.15) is 12.4 Å². The van der Waals surface area contributed by atoms with Crippen LogP contribution >= 0.6 is 0 Å². The third-order valence-corrected chi connectivity index (χ3v) is 6.49. The summed E-state index contributed by atoms with van der Waals surface area (Å²) >= 11 is 0. The van der Waals surface area contributed by atoms with Gasteiger partial charge in [-0.05, 0) is 50.1 Å². The third kappa shape index (κ3) is 4.97. The first-order valence-corrected chi connectivity index (χ1v) is 11.3. The molecule has 0 spiro atoms. The zero-order valence-electron chi connectivity index (χ0n) is 19.2. The molecule has 1 saturated heterocycles. The van der Waals surface area contributed by atoms with E-state index in [1.807, 2.05) is 25.1 Å². The maximum atomic E-state index is 13.1. The van der Waals surface area contributed by atoms with E-state index in [1.165, 1.54) is 4.90 Å². The Bertz CT molecular complexity index is 1120. The fourth-order valence-corrected chi connectivity index (χ4v) is 4.69. The number of ketones is 1. The number of nitrogen functional groups attached to an aromatic ring is 1. The summed E-state index contributed by atoms with van der Waals surface area (Å²) in [5.74, 6) is -1.56. The Labute approximate surface area is 193 Å². The van der Waals surface area contributed by atoms with Crippen LogP contribution in [0.5, 0.6) is 0 Å². The summed E-state index contributed by atoms with van der Waals surface area (Å²) in [6.45, 7) is 4.45. The molecule has 2 aromatic rings. The Morgan fingerprint density at radius 2 is 1.91 bits per heavy atom. The van der Waals surface area contributed by atoms with E-state index in [9.17, 15) is 14.4 Å². The van der Waals surface area contributed by atoms with Crippen LogP contribution in [0, 0.1) is 16.7 Å². The van der Waals surface area contributed by atoms with Gasteiger partial charge in [0.2, 0.25) is 11.8 Å². The summed E-state index contributed by atoms with van der Waals surface area (Å²) in [6, 6.07) is 7.02. The van der Waals surface area contributed by atoms with Gasteiger partial charge in [0, 0.05) is 35.7 Å². The first kappa shape index (κ1) is 24.2. The lowest BCUT2D eigenvalue weighted by Gasteiger charge is -2.25. The maximum Gasteiger partial charge on any atom is 0.237 e. The van der Waals surface area contributed by atoms with Crippen molar-refractivity contribution in [3.63, 3.8) is 0 Å². The Kier molecular flexibility index (Phi) is 7.30. The topological polar surface area (TPSA) is 159 Å². The fraction of sp³-hybridized carbons (Fsp3) is 0.458. The van der Waals surface area contributed by atoms with E-state index in [-0.39, 0.29) is 36.3 Å². The van der Waals surface area contributed by atoms with Crippen molar-refractivity contribution in [2.24, 2.45) is 17.4 Å². The SMILES string of the molecule is CC[C@@H](CCc1cc2ccc(C(=N)N)cc2n1CC)C(=N)C(=O)[C@H]1CCC(=O)N1CC(N)=O. The molecular weight excluding hydrogens is 420 g/mol. The summed E-state index contributed by atoms with van der Waals surface area (Å²) in [5.41, 5.74) is 13.7. The van der Waals surface area contributed by atoms with Crippen molar-refractivity contribution in [3.8, 4) is 0 Å². The van der Waals surface area contributed by atoms with Gasteiger partial charge in [-0.2, -0.15) is 0 Å². The smallest absolute Gasteiger partial charge is 0.237 e. The number of likely N-dealkylation sites (tertiary alicyclic amines) is 1. The average molecular weight is 453 g/mol. The first-order valence-electron chi connectivity index (χ1n) is 11.3. The molecule has 33 heavy (non-hydrogen) atoms. The number of primary amides is 1. The Morgan fingerprint density at radius 3 is 2.52 bits per heavy atom. The number of amides is 2. The van der Waals surface area contributed by atoms with Gasteiger partial charge in [0.05, 0.1) is 11.8 Å². The van der Waals surface area contributed by atoms with Crippen LogP contribution in [0.4, 0.5) is 0 Å². The molecule has 1 aliphatic rings. The van der Waals surface area contributed by atoms with E-state index < -0.39 is 17.7 Å².